The van der Waals surface area contributed by atoms with E-state index in [0.717, 1.165) is 40.6 Å². The summed E-state index contributed by atoms with van der Waals surface area (Å²) in [6.45, 7) is 3.81. The zero-order valence-corrected chi connectivity index (χ0v) is 27.4. The number of carbonyl (C=O) groups excluding carboxylic acids is 1. The predicted molar refractivity (Wildman–Crippen MR) is 192 cm³/mol. The molecule has 0 radical (unpaired) electrons. The first-order valence-electron chi connectivity index (χ1n) is 15.6. The van der Waals surface area contributed by atoms with Crippen LogP contribution in [0.1, 0.15) is 64.1 Å². The number of hydrogen-bond donors (Lipinski definition) is 1. The van der Waals surface area contributed by atoms with Crippen molar-refractivity contribution in [3.05, 3.63) is 135 Å². The number of anilines is 2. The van der Waals surface area contributed by atoms with Crippen LogP contribution in [0, 0.1) is 13.8 Å². The fourth-order valence-electron chi connectivity index (χ4n) is 6.92. The van der Waals surface area contributed by atoms with E-state index in [9.17, 15) is 14.7 Å². The molecule has 2 unspecified atom stereocenters. The van der Waals surface area contributed by atoms with Gasteiger partial charge in [0.1, 0.15) is 10.9 Å². The van der Waals surface area contributed by atoms with E-state index in [-0.39, 0.29) is 10.2 Å². The molecule has 4 aromatic rings. The lowest BCUT2D eigenvalue weighted by Crippen LogP contribution is -2.33. The Morgan fingerprint density at radius 1 is 0.891 bits per heavy atom. The highest BCUT2D eigenvalue weighted by molar-refractivity contribution is 8.26. The Morgan fingerprint density at radius 3 is 2.15 bits per heavy atom. The third-order valence-electron chi connectivity index (χ3n) is 9.19. The molecular weight excluding hydrogens is 609 g/mol. The first kappa shape index (κ1) is 30.2. The number of thioether (sulfide) groups is 1. The van der Waals surface area contributed by atoms with Gasteiger partial charge >= 0.3 is 5.97 Å². The molecule has 1 amide bonds. The van der Waals surface area contributed by atoms with Gasteiger partial charge in [-0.3, -0.25) is 14.5 Å². The largest absolute Gasteiger partial charge is 0.480 e. The minimum absolute atomic E-state index is 0.282. The molecule has 7 rings (SSSR count). The molecule has 46 heavy (non-hydrogen) atoms. The number of aryl methyl sites for hydroxylation is 2. The van der Waals surface area contributed by atoms with E-state index < -0.39 is 12.5 Å². The highest BCUT2D eigenvalue weighted by atomic mass is 32.2. The van der Waals surface area contributed by atoms with Gasteiger partial charge in [0, 0.05) is 23.3 Å². The molecule has 2 aliphatic heterocycles. The molecule has 1 saturated carbocycles. The van der Waals surface area contributed by atoms with Crippen LogP contribution in [0.5, 0.6) is 0 Å². The lowest BCUT2D eigenvalue weighted by molar-refractivity contribution is -0.140. The van der Waals surface area contributed by atoms with Crippen molar-refractivity contribution in [3.63, 3.8) is 0 Å². The number of hydrogen-bond acceptors (Lipinski definition) is 5. The van der Waals surface area contributed by atoms with Gasteiger partial charge in [-0.05, 0) is 96.5 Å². The van der Waals surface area contributed by atoms with E-state index in [1.807, 2.05) is 12.1 Å². The molecule has 1 saturated heterocycles. The molecule has 1 aliphatic carbocycles. The first-order chi connectivity index (χ1) is 22.2. The average molecular weight is 643 g/mol. The monoisotopic (exact) mass is 642 g/mol. The van der Waals surface area contributed by atoms with Crippen molar-refractivity contribution in [2.45, 2.75) is 45.1 Å². The molecule has 2 atom stereocenters. The maximum Gasteiger partial charge on any atom is 0.323 e. The normalized spacial score (nSPS) is 19.5. The van der Waals surface area contributed by atoms with Crippen LogP contribution in [-0.4, -0.2) is 38.8 Å². The molecule has 0 aromatic heterocycles. The van der Waals surface area contributed by atoms with Crippen molar-refractivity contribution in [2.24, 2.45) is 0 Å². The standard InChI is InChI=1S/C39H34N2O3S2/c1-24-6-13-28(14-7-24)32(29-15-8-25(2)9-16-29)20-26-10-17-30(18-11-26)41-34-5-3-4-31(34)33-21-27(12-19-35(33)41)22-36-38(44)40(23-37(42)43)39(45)46-36/h6-22,31,34H,3-5,23H2,1-2H3,(H,42,43)/b36-22-. The van der Waals surface area contributed by atoms with Crippen LogP contribution in [0.15, 0.2) is 95.9 Å². The highest BCUT2D eigenvalue weighted by Crippen LogP contribution is 2.52. The molecule has 1 N–H and O–H groups in total. The van der Waals surface area contributed by atoms with Crippen LogP contribution in [-0.2, 0) is 9.59 Å². The van der Waals surface area contributed by atoms with E-state index in [1.165, 1.54) is 51.2 Å². The van der Waals surface area contributed by atoms with Gasteiger partial charge < -0.3 is 10.0 Å². The Labute approximate surface area is 279 Å². The molecule has 5 nitrogen and oxygen atoms in total. The number of benzene rings is 4. The Balaban J connectivity index is 1.19. The van der Waals surface area contributed by atoms with Gasteiger partial charge in [0.15, 0.2) is 0 Å². The Hall–Kier alpha value is -4.46. The van der Waals surface area contributed by atoms with Crippen LogP contribution in [0.25, 0.3) is 17.7 Å². The number of carboxylic acid groups (broad SMARTS) is 1. The van der Waals surface area contributed by atoms with Gasteiger partial charge in [-0.25, -0.2) is 0 Å². The van der Waals surface area contributed by atoms with Gasteiger partial charge in [-0.15, -0.1) is 0 Å². The zero-order valence-electron chi connectivity index (χ0n) is 25.8. The minimum Gasteiger partial charge on any atom is -0.480 e. The molecular formula is C39H34N2O3S2. The van der Waals surface area contributed by atoms with Crippen LogP contribution in [0.3, 0.4) is 0 Å². The molecule has 3 aliphatic rings. The molecule has 2 heterocycles. The molecule has 7 heteroatoms. The van der Waals surface area contributed by atoms with Crippen LogP contribution in [0.4, 0.5) is 11.4 Å². The smallest absolute Gasteiger partial charge is 0.323 e. The lowest BCUT2D eigenvalue weighted by atomic mass is 9.94. The summed E-state index contributed by atoms with van der Waals surface area (Å²) in [5.74, 6) is -0.996. The summed E-state index contributed by atoms with van der Waals surface area (Å²) in [5, 5.41) is 9.17. The maximum atomic E-state index is 12.9. The zero-order chi connectivity index (χ0) is 31.9. The summed E-state index contributed by atoms with van der Waals surface area (Å²) >= 11 is 6.45. The summed E-state index contributed by atoms with van der Waals surface area (Å²) in [6.07, 6.45) is 7.57. The number of thiocarbonyl (C=S) groups is 1. The van der Waals surface area contributed by atoms with Crippen molar-refractivity contribution in [2.75, 3.05) is 11.4 Å². The maximum absolute atomic E-state index is 12.9. The second-order valence-electron chi connectivity index (χ2n) is 12.3. The minimum atomic E-state index is -1.08. The summed E-state index contributed by atoms with van der Waals surface area (Å²) < 4.78 is 0.282. The summed E-state index contributed by atoms with van der Waals surface area (Å²) in [6, 6.07) is 33.2. The van der Waals surface area contributed by atoms with E-state index in [2.05, 4.69) is 110 Å². The van der Waals surface area contributed by atoms with Crippen molar-refractivity contribution < 1.29 is 14.7 Å². The van der Waals surface area contributed by atoms with Crippen molar-refractivity contribution >= 4 is 69.3 Å². The number of rotatable bonds is 7. The fraction of sp³-hybridized carbons (Fsp3) is 0.205. The van der Waals surface area contributed by atoms with Gasteiger partial charge in [0.2, 0.25) is 0 Å². The molecule has 4 aromatic carbocycles. The Morgan fingerprint density at radius 2 is 1.52 bits per heavy atom. The quantitative estimate of drug-likeness (QED) is 0.123. The van der Waals surface area contributed by atoms with Crippen LogP contribution >= 0.6 is 24.0 Å². The molecule has 230 valence electrons. The highest BCUT2D eigenvalue weighted by Gasteiger charge is 2.42. The first-order valence-corrected chi connectivity index (χ1v) is 16.8. The van der Waals surface area contributed by atoms with Crippen molar-refractivity contribution in [1.82, 2.24) is 4.90 Å². The van der Waals surface area contributed by atoms with E-state index in [4.69, 9.17) is 12.2 Å². The summed E-state index contributed by atoms with van der Waals surface area (Å²) in [5.41, 5.74) is 11.9. The van der Waals surface area contributed by atoms with Crippen LogP contribution in [0.2, 0.25) is 0 Å². The Kier molecular flexibility index (Phi) is 8.13. The second kappa shape index (κ2) is 12.4. The van der Waals surface area contributed by atoms with Gasteiger partial charge in [-0.1, -0.05) is 108 Å². The van der Waals surface area contributed by atoms with Crippen molar-refractivity contribution in [3.8, 4) is 0 Å². The van der Waals surface area contributed by atoms with Gasteiger partial charge in [0.05, 0.1) is 4.91 Å². The summed E-state index contributed by atoms with van der Waals surface area (Å²) in [7, 11) is 0. The molecule has 2 fully saturated rings. The number of carboxylic acids is 1. The van der Waals surface area contributed by atoms with Gasteiger partial charge in [0.25, 0.3) is 5.91 Å². The lowest BCUT2D eigenvalue weighted by Gasteiger charge is -2.27. The van der Waals surface area contributed by atoms with Crippen molar-refractivity contribution in [1.29, 1.82) is 0 Å². The number of amides is 1. The summed E-state index contributed by atoms with van der Waals surface area (Å²) in [4.78, 5) is 28.2. The average Bonchev–Trinajstić information content (AvgIpc) is 3.71. The van der Waals surface area contributed by atoms with Crippen LogP contribution < -0.4 is 4.90 Å². The number of aliphatic carboxylic acids is 1. The number of fused-ring (bicyclic) bond motifs is 3. The second-order valence-corrected chi connectivity index (χ2v) is 14.0. The predicted octanol–water partition coefficient (Wildman–Crippen LogP) is 8.97. The fourth-order valence-corrected chi connectivity index (χ4v) is 8.18. The van der Waals surface area contributed by atoms with E-state index in [1.54, 1.807) is 0 Å². The van der Waals surface area contributed by atoms with E-state index >= 15 is 0 Å². The SMILES string of the molecule is Cc1ccc(C(=Cc2ccc(N3c4ccc(/C=C5\SC(=S)N(CC(=O)O)C5=O)cc4C4CCCC43)cc2)c2ccc(C)cc2)cc1. The van der Waals surface area contributed by atoms with E-state index in [0.29, 0.717) is 16.9 Å². The third kappa shape index (κ3) is 5.81. The number of nitrogens with zero attached hydrogens (tertiary/aromatic N) is 2. The molecule has 0 spiro atoms. The topological polar surface area (TPSA) is 60.9 Å². The third-order valence-corrected chi connectivity index (χ3v) is 10.6. The molecule has 0 bridgehead atoms. The Bertz CT molecular complexity index is 1860. The van der Waals surface area contributed by atoms with Gasteiger partial charge in [-0.2, -0.15) is 0 Å². The number of carbonyl (C=O) groups is 2.